The van der Waals surface area contributed by atoms with Gasteiger partial charge in [0.1, 0.15) is 18.1 Å². The van der Waals surface area contributed by atoms with E-state index >= 15 is 0 Å². The molecular weight excluding hydrogens is 238 g/mol. The summed E-state index contributed by atoms with van der Waals surface area (Å²) >= 11 is 0. The van der Waals surface area contributed by atoms with Crippen LogP contribution >= 0.6 is 0 Å². The van der Waals surface area contributed by atoms with Gasteiger partial charge in [0.25, 0.3) is 0 Å². The van der Waals surface area contributed by atoms with Crippen LogP contribution in [0.25, 0.3) is 0 Å². The van der Waals surface area contributed by atoms with E-state index in [2.05, 4.69) is 32.0 Å². The van der Waals surface area contributed by atoms with Crippen molar-refractivity contribution in [2.45, 2.75) is 32.9 Å². The Hall–Kier alpha value is -1.58. The fourth-order valence-corrected chi connectivity index (χ4v) is 2.10. The number of ether oxygens (including phenoxy) is 1. The highest BCUT2D eigenvalue weighted by atomic mass is 16.5. The van der Waals surface area contributed by atoms with E-state index in [1.54, 1.807) is 7.11 Å². The highest BCUT2D eigenvalue weighted by Crippen LogP contribution is 2.20. The third-order valence-corrected chi connectivity index (χ3v) is 3.36. The zero-order chi connectivity index (χ0) is 13.8. The molecule has 1 atom stereocenters. The molecule has 0 aliphatic carbocycles. The number of nitrogens with two attached hydrogens (primary N) is 1. The zero-order valence-corrected chi connectivity index (χ0v) is 11.8. The van der Waals surface area contributed by atoms with Gasteiger partial charge in [0.15, 0.2) is 0 Å². The molecule has 3 heteroatoms. The Morgan fingerprint density at radius 2 is 1.95 bits per heavy atom. The van der Waals surface area contributed by atoms with Crippen molar-refractivity contribution in [3.8, 4) is 0 Å². The lowest BCUT2D eigenvalue weighted by Crippen LogP contribution is -2.12. The van der Waals surface area contributed by atoms with E-state index in [-0.39, 0.29) is 6.04 Å². The molecule has 1 unspecified atom stereocenters. The molecule has 2 N–H and O–H groups in total. The van der Waals surface area contributed by atoms with Crippen LogP contribution in [0.5, 0.6) is 0 Å². The molecule has 0 saturated heterocycles. The molecule has 102 valence electrons. The standard InChI is InChI=1S/C16H21NO2/c1-11-4-5-13(8-12(11)2)9-15(17)16-7-6-14(19-16)10-18-3/h4-8,15H,9-10,17H2,1-3H3. The Labute approximate surface area is 114 Å². The second kappa shape index (κ2) is 6.04. The summed E-state index contributed by atoms with van der Waals surface area (Å²) in [6.45, 7) is 4.72. The van der Waals surface area contributed by atoms with Crippen molar-refractivity contribution in [1.29, 1.82) is 0 Å². The van der Waals surface area contributed by atoms with Crippen LogP contribution in [0.4, 0.5) is 0 Å². The Balaban J connectivity index is 2.06. The quantitative estimate of drug-likeness (QED) is 0.896. The third-order valence-electron chi connectivity index (χ3n) is 3.36. The van der Waals surface area contributed by atoms with Crippen molar-refractivity contribution in [3.63, 3.8) is 0 Å². The van der Waals surface area contributed by atoms with Crippen LogP contribution in [0.15, 0.2) is 34.7 Å². The lowest BCUT2D eigenvalue weighted by Gasteiger charge is -2.10. The lowest BCUT2D eigenvalue weighted by molar-refractivity contribution is 0.162. The fourth-order valence-electron chi connectivity index (χ4n) is 2.10. The first kappa shape index (κ1) is 13.8. The molecule has 0 spiro atoms. The van der Waals surface area contributed by atoms with E-state index in [9.17, 15) is 0 Å². The van der Waals surface area contributed by atoms with Crippen molar-refractivity contribution in [3.05, 3.63) is 58.5 Å². The van der Waals surface area contributed by atoms with E-state index in [0.717, 1.165) is 17.9 Å². The SMILES string of the molecule is COCc1ccc(C(N)Cc2ccc(C)c(C)c2)o1. The maximum absolute atomic E-state index is 6.19. The first-order valence-electron chi connectivity index (χ1n) is 6.49. The summed E-state index contributed by atoms with van der Waals surface area (Å²) in [5.74, 6) is 1.62. The van der Waals surface area contributed by atoms with Crippen LogP contribution in [0.1, 0.15) is 34.3 Å². The predicted molar refractivity (Wildman–Crippen MR) is 76.0 cm³/mol. The van der Waals surface area contributed by atoms with Gasteiger partial charge in [-0.25, -0.2) is 0 Å². The highest BCUT2D eigenvalue weighted by Gasteiger charge is 2.12. The minimum absolute atomic E-state index is 0.118. The van der Waals surface area contributed by atoms with Gasteiger partial charge < -0.3 is 14.9 Å². The molecule has 0 radical (unpaired) electrons. The minimum Gasteiger partial charge on any atom is -0.462 e. The van der Waals surface area contributed by atoms with Gasteiger partial charge in [-0.1, -0.05) is 18.2 Å². The van der Waals surface area contributed by atoms with Crippen LogP contribution in [0, 0.1) is 13.8 Å². The fraction of sp³-hybridized carbons (Fsp3) is 0.375. The van der Waals surface area contributed by atoms with E-state index in [1.807, 2.05) is 12.1 Å². The Morgan fingerprint density at radius 3 is 2.63 bits per heavy atom. The van der Waals surface area contributed by atoms with Crippen LogP contribution in [-0.4, -0.2) is 7.11 Å². The van der Waals surface area contributed by atoms with Crippen molar-refractivity contribution in [2.75, 3.05) is 7.11 Å². The van der Waals surface area contributed by atoms with Crippen LogP contribution in [0.3, 0.4) is 0 Å². The van der Waals surface area contributed by atoms with Crippen molar-refractivity contribution in [1.82, 2.24) is 0 Å². The average Bonchev–Trinajstić information content (AvgIpc) is 2.83. The first-order valence-corrected chi connectivity index (χ1v) is 6.49. The van der Waals surface area contributed by atoms with Crippen molar-refractivity contribution >= 4 is 0 Å². The predicted octanol–water partition coefficient (Wildman–Crippen LogP) is 3.29. The second-order valence-corrected chi connectivity index (χ2v) is 4.97. The summed E-state index contributed by atoms with van der Waals surface area (Å²) in [6, 6.07) is 10.2. The molecule has 0 aliphatic heterocycles. The molecule has 1 aromatic carbocycles. The molecule has 19 heavy (non-hydrogen) atoms. The number of aryl methyl sites for hydroxylation is 2. The van der Waals surface area contributed by atoms with Crippen LogP contribution in [-0.2, 0) is 17.8 Å². The maximum Gasteiger partial charge on any atom is 0.129 e. The molecule has 1 heterocycles. The number of benzene rings is 1. The third kappa shape index (κ3) is 3.46. The number of rotatable bonds is 5. The summed E-state index contributed by atoms with van der Waals surface area (Å²) in [7, 11) is 1.65. The molecule has 0 amide bonds. The molecular formula is C16H21NO2. The molecule has 0 bridgehead atoms. The Morgan fingerprint density at radius 1 is 1.16 bits per heavy atom. The van der Waals surface area contributed by atoms with Gasteiger partial charge in [-0.3, -0.25) is 0 Å². The van der Waals surface area contributed by atoms with E-state index in [1.165, 1.54) is 16.7 Å². The Bertz CT molecular complexity index is 545. The maximum atomic E-state index is 6.19. The number of furan rings is 1. The number of methoxy groups -OCH3 is 1. The highest BCUT2D eigenvalue weighted by molar-refractivity contribution is 5.30. The second-order valence-electron chi connectivity index (χ2n) is 4.97. The summed E-state index contributed by atoms with van der Waals surface area (Å²) in [4.78, 5) is 0. The summed E-state index contributed by atoms with van der Waals surface area (Å²) in [6.07, 6.45) is 0.779. The van der Waals surface area contributed by atoms with Gasteiger partial charge in [-0.15, -0.1) is 0 Å². The van der Waals surface area contributed by atoms with Gasteiger partial charge in [0.2, 0.25) is 0 Å². The molecule has 0 fully saturated rings. The lowest BCUT2D eigenvalue weighted by atomic mass is 10.0. The summed E-state index contributed by atoms with van der Waals surface area (Å²) < 4.78 is 10.7. The van der Waals surface area contributed by atoms with Gasteiger partial charge in [-0.05, 0) is 49.1 Å². The van der Waals surface area contributed by atoms with E-state index < -0.39 is 0 Å². The molecule has 0 aliphatic rings. The van der Waals surface area contributed by atoms with E-state index in [0.29, 0.717) is 6.61 Å². The summed E-state index contributed by atoms with van der Waals surface area (Å²) in [5.41, 5.74) is 10.0. The largest absolute Gasteiger partial charge is 0.462 e. The van der Waals surface area contributed by atoms with E-state index in [4.69, 9.17) is 14.9 Å². The zero-order valence-electron chi connectivity index (χ0n) is 11.8. The number of hydrogen-bond donors (Lipinski definition) is 1. The van der Waals surface area contributed by atoms with Crippen molar-refractivity contribution < 1.29 is 9.15 Å². The molecule has 0 saturated carbocycles. The monoisotopic (exact) mass is 259 g/mol. The minimum atomic E-state index is -0.118. The normalized spacial score (nSPS) is 12.6. The average molecular weight is 259 g/mol. The van der Waals surface area contributed by atoms with Crippen LogP contribution in [0.2, 0.25) is 0 Å². The molecule has 1 aromatic heterocycles. The molecule has 2 aromatic rings. The molecule has 2 rings (SSSR count). The van der Waals surface area contributed by atoms with Gasteiger partial charge in [0, 0.05) is 7.11 Å². The summed E-state index contributed by atoms with van der Waals surface area (Å²) in [5, 5.41) is 0. The molecule has 3 nitrogen and oxygen atoms in total. The Kier molecular flexibility index (Phi) is 4.40. The van der Waals surface area contributed by atoms with Crippen molar-refractivity contribution in [2.24, 2.45) is 5.73 Å². The first-order chi connectivity index (χ1) is 9.10. The number of hydrogen-bond acceptors (Lipinski definition) is 3. The smallest absolute Gasteiger partial charge is 0.129 e. The van der Waals surface area contributed by atoms with Gasteiger partial charge in [0.05, 0.1) is 6.04 Å². The topological polar surface area (TPSA) is 48.4 Å². The van der Waals surface area contributed by atoms with Gasteiger partial charge in [-0.2, -0.15) is 0 Å². The van der Waals surface area contributed by atoms with Gasteiger partial charge >= 0.3 is 0 Å². The van der Waals surface area contributed by atoms with Crippen LogP contribution < -0.4 is 5.73 Å².